The van der Waals surface area contributed by atoms with Gasteiger partial charge in [-0.15, -0.1) is 0 Å². The van der Waals surface area contributed by atoms with Gasteiger partial charge >= 0.3 is 5.97 Å². The van der Waals surface area contributed by atoms with E-state index in [-0.39, 0.29) is 5.91 Å². The summed E-state index contributed by atoms with van der Waals surface area (Å²) in [6, 6.07) is 15.2. The molecule has 2 aromatic heterocycles. The van der Waals surface area contributed by atoms with Crippen molar-refractivity contribution < 1.29 is 19.1 Å². The molecule has 156 valence electrons. The Labute approximate surface area is 178 Å². The number of aryl methyl sites for hydroxylation is 2. The van der Waals surface area contributed by atoms with Crippen LogP contribution in [0.3, 0.4) is 0 Å². The Bertz CT molecular complexity index is 1280. The number of para-hydroxylation sites is 1. The lowest BCUT2D eigenvalue weighted by atomic mass is 10.2. The highest BCUT2D eigenvalue weighted by Crippen LogP contribution is 2.22. The summed E-state index contributed by atoms with van der Waals surface area (Å²) in [6.07, 6.45) is 1.47. The Balaban J connectivity index is 1.45. The average molecular weight is 416 g/mol. The van der Waals surface area contributed by atoms with Crippen LogP contribution in [0.25, 0.3) is 11.0 Å². The van der Waals surface area contributed by atoms with E-state index in [1.165, 1.54) is 13.3 Å². The van der Waals surface area contributed by atoms with Crippen molar-refractivity contribution in [3.63, 3.8) is 0 Å². The second-order valence-electron chi connectivity index (χ2n) is 6.87. The van der Waals surface area contributed by atoms with Gasteiger partial charge in [-0.25, -0.2) is 9.78 Å². The third-order valence-corrected chi connectivity index (χ3v) is 4.77. The predicted molar refractivity (Wildman–Crippen MR) is 116 cm³/mol. The first-order valence-electron chi connectivity index (χ1n) is 9.52. The molecule has 0 aliphatic heterocycles. The maximum atomic E-state index is 12.5. The summed E-state index contributed by atoms with van der Waals surface area (Å²) in [7, 11) is 3.31. The third-order valence-electron chi connectivity index (χ3n) is 4.77. The van der Waals surface area contributed by atoms with Crippen molar-refractivity contribution >= 4 is 28.6 Å². The Morgan fingerprint density at radius 1 is 1.06 bits per heavy atom. The van der Waals surface area contributed by atoms with E-state index in [0.717, 1.165) is 11.1 Å². The van der Waals surface area contributed by atoms with E-state index in [1.807, 2.05) is 6.92 Å². The van der Waals surface area contributed by atoms with Crippen LogP contribution in [0, 0.1) is 6.92 Å². The third kappa shape index (κ3) is 4.09. The van der Waals surface area contributed by atoms with Gasteiger partial charge < -0.3 is 14.8 Å². The highest BCUT2D eigenvalue weighted by Gasteiger charge is 2.15. The minimum Gasteiger partial charge on any atom is -0.496 e. The van der Waals surface area contributed by atoms with Gasteiger partial charge in [0.15, 0.2) is 5.65 Å². The maximum Gasteiger partial charge on any atom is 0.345 e. The van der Waals surface area contributed by atoms with Crippen molar-refractivity contribution in [3.05, 3.63) is 77.6 Å². The van der Waals surface area contributed by atoms with E-state index in [1.54, 1.807) is 66.3 Å². The molecule has 0 bridgehead atoms. The fourth-order valence-corrected chi connectivity index (χ4v) is 3.22. The average Bonchev–Trinajstić information content (AvgIpc) is 3.08. The number of rotatable bonds is 5. The molecule has 0 aliphatic carbocycles. The lowest BCUT2D eigenvalue weighted by Gasteiger charge is -2.10. The highest BCUT2D eigenvalue weighted by molar-refractivity contribution is 6.06. The Kier molecular flexibility index (Phi) is 5.36. The zero-order chi connectivity index (χ0) is 22.0. The van der Waals surface area contributed by atoms with Crippen molar-refractivity contribution in [2.75, 3.05) is 12.4 Å². The molecule has 0 atom stereocenters. The fourth-order valence-electron chi connectivity index (χ4n) is 3.22. The minimum atomic E-state index is -0.525. The molecule has 4 rings (SSSR count). The normalized spacial score (nSPS) is 10.7. The number of nitrogens with zero attached hydrogens (tertiary/aromatic N) is 3. The molecular formula is C23H20N4O4. The van der Waals surface area contributed by atoms with Crippen LogP contribution in [-0.4, -0.2) is 33.8 Å². The molecule has 0 saturated carbocycles. The smallest absolute Gasteiger partial charge is 0.345 e. The van der Waals surface area contributed by atoms with Crippen LogP contribution < -0.4 is 14.8 Å². The van der Waals surface area contributed by atoms with Gasteiger partial charge in [-0.05, 0) is 49.4 Å². The van der Waals surface area contributed by atoms with Crippen molar-refractivity contribution in [1.29, 1.82) is 0 Å². The summed E-state index contributed by atoms with van der Waals surface area (Å²) in [5, 5.41) is 7.89. The number of aromatic nitrogens is 3. The van der Waals surface area contributed by atoms with Gasteiger partial charge in [0.25, 0.3) is 5.91 Å². The lowest BCUT2D eigenvalue weighted by molar-refractivity contribution is 0.0734. The summed E-state index contributed by atoms with van der Waals surface area (Å²) in [4.78, 5) is 29.3. The molecular weight excluding hydrogens is 396 g/mol. The van der Waals surface area contributed by atoms with Gasteiger partial charge in [0.1, 0.15) is 11.5 Å². The largest absolute Gasteiger partial charge is 0.496 e. The highest BCUT2D eigenvalue weighted by atomic mass is 16.5. The monoisotopic (exact) mass is 416 g/mol. The Hall–Kier alpha value is -4.20. The molecule has 1 N–H and O–H groups in total. The Morgan fingerprint density at radius 3 is 2.55 bits per heavy atom. The van der Waals surface area contributed by atoms with Crippen LogP contribution in [0.4, 0.5) is 5.69 Å². The maximum absolute atomic E-state index is 12.5. The molecule has 1 amide bonds. The molecule has 0 saturated heterocycles. The summed E-state index contributed by atoms with van der Waals surface area (Å²) in [5.74, 6) is 0.0140. The van der Waals surface area contributed by atoms with Crippen LogP contribution in [0.2, 0.25) is 0 Å². The van der Waals surface area contributed by atoms with Gasteiger partial charge in [-0.3, -0.25) is 9.48 Å². The molecule has 0 spiro atoms. The van der Waals surface area contributed by atoms with E-state index >= 15 is 0 Å². The van der Waals surface area contributed by atoms with E-state index in [4.69, 9.17) is 9.47 Å². The van der Waals surface area contributed by atoms with Crippen LogP contribution >= 0.6 is 0 Å². The molecule has 0 fully saturated rings. The lowest BCUT2D eigenvalue weighted by Crippen LogP contribution is -2.13. The second-order valence-corrected chi connectivity index (χ2v) is 6.87. The standard InChI is InChI=1S/C23H20N4O4/c1-14-19-12-15(13-24-21(19)27(2)26-14)23(29)31-17-10-8-16(9-11-17)25-22(28)18-6-4-5-7-20(18)30-3/h4-13H,1-3H3,(H,25,28). The fraction of sp³-hybridized carbons (Fsp3) is 0.130. The first-order valence-corrected chi connectivity index (χ1v) is 9.52. The van der Waals surface area contributed by atoms with Crippen molar-refractivity contribution in [2.24, 2.45) is 7.05 Å². The van der Waals surface area contributed by atoms with Crippen molar-refractivity contribution in [3.8, 4) is 11.5 Å². The molecule has 0 radical (unpaired) electrons. The van der Waals surface area contributed by atoms with E-state index in [0.29, 0.717) is 34.0 Å². The summed E-state index contributed by atoms with van der Waals surface area (Å²) >= 11 is 0. The molecule has 0 aliphatic rings. The molecule has 8 nitrogen and oxygen atoms in total. The number of amides is 1. The number of hydrogen-bond acceptors (Lipinski definition) is 6. The van der Waals surface area contributed by atoms with Gasteiger partial charge in [-0.1, -0.05) is 12.1 Å². The van der Waals surface area contributed by atoms with Gasteiger partial charge in [0.2, 0.25) is 0 Å². The number of ether oxygens (including phenoxy) is 2. The zero-order valence-corrected chi connectivity index (χ0v) is 17.2. The number of nitrogens with one attached hydrogen (secondary N) is 1. The second kappa shape index (κ2) is 8.27. The van der Waals surface area contributed by atoms with E-state index in [9.17, 15) is 9.59 Å². The molecule has 8 heteroatoms. The molecule has 0 unspecified atom stereocenters. The number of anilines is 1. The number of pyridine rings is 1. The molecule has 2 heterocycles. The SMILES string of the molecule is COc1ccccc1C(=O)Nc1ccc(OC(=O)c2cnc3c(c2)c(C)nn3C)cc1. The zero-order valence-electron chi connectivity index (χ0n) is 17.2. The van der Waals surface area contributed by atoms with Crippen LogP contribution in [0.1, 0.15) is 26.4 Å². The van der Waals surface area contributed by atoms with Crippen molar-refractivity contribution in [1.82, 2.24) is 14.8 Å². The number of fused-ring (bicyclic) bond motifs is 1. The Morgan fingerprint density at radius 2 is 1.81 bits per heavy atom. The van der Waals surface area contributed by atoms with Gasteiger partial charge in [0, 0.05) is 24.3 Å². The minimum absolute atomic E-state index is 0.298. The van der Waals surface area contributed by atoms with Crippen LogP contribution in [0.15, 0.2) is 60.8 Å². The van der Waals surface area contributed by atoms with Crippen molar-refractivity contribution in [2.45, 2.75) is 6.92 Å². The molecule has 4 aromatic rings. The van der Waals surface area contributed by atoms with Crippen LogP contribution in [0.5, 0.6) is 11.5 Å². The van der Waals surface area contributed by atoms with E-state index in [2.05, 4.69) is 15.4 Å². The summed E-state index contributed by atoms with van der Waals surface area (Å²) in [5.41, 5.74) is 2.80. The number of hydrogen-bond donors (Lipinski definition) is 1. The summed E-state index contributed by atoms with van der Waals surface area (Å²) in [6.45, 7) is 1.86. The number of esters is 1. The predicted octanol–water partition coefficient (Wildman–Crippen LogP) is 3.76. The quantitative estimate of drug-likeness (QED) is 0.393. The summed E-state index contributed by atoms with van der Waals surface area (Å²) < 4.78 is 12.3. The number of methoxy groups -OCH3 is 1. The number of carbonyl (C=O) groups is 2. The van der Waals surface area contributed by atoms with Gasteiger partial charge in [0.05, 0.1) is 23.9 Å². The van der Waals surface area contributed by atoms with Crippen LogP contribution in [-0.2, 0) is 7.05 Å². The van der Waals surface area contributed by atoms with E-state index < -0.39 is 5.97 Å². The number of carbonyl (C=O) groups excluding carboxylic acids is 2. The molecule has 2 aromatic carbocycles. The first kappa shape index (κ1) is 20.1. The van der Waals surface area contributed by atoms with Gasteiger partial charge in [-0.2, -0.15) is 5.10 Å². The topological polar surface area (TPSA) is 95.3 Å². The molecule has 31 heavy (non-hydrogen) atoms. The number of benzene rings is 2. The first-order chi connectivity index (χ1) is 15.0.